The van der Waals surface area contributed by atoms with Crippen LogP contribution >= 0.6 is 24.0 Å². The predicted octanol–water partition coefficient (Wildman–Crippen LogP) is 1.45. The second kappa shape index (κ2) is 10.7. The van der Waals surface area contributed by atoms with Crippen molar-refractivity contribution in [1.29, 1.82) is 0 Å². The predicted molar refractivity (Wildman–Crippen MR) is 119 cm³/mol. The number of rotatable bonds is 5. The Kier molecular flexibility index (Phi) is 8.90. The Labute approximate surface area is 184 Å². The van der Waals surface area contributed by atoms with E-state index in [9.17, 15) is 8.42 Å². The Morgan fingerprint density at radius 3 is 2.86 bits per heavy atom. The molecule has 2 aliphatic rings. The number of aliphatic imine (C=N–C) groups is 1. The third-order valence-electron chi connectivity index (χ3n) is 5.22. The summed E-state index contributed by atoms with van der Waals surface area (Å²) in [6, 6.07) is 3.14. The number of aromatic nitrogens is 1. The van der Waals surface area contributed by atoms with Gasteiger partial charge in [0.2, 0.25) is 10.0 Å². The average Bonchev–Trinajstić information content (AvgIpc) is 2.69. The maximum atomic E-state index is 12.2. The Bertz CT molecular complexity index is 733. The first-order valence-corrected chi connectivity index (χ1v) is 11.0. The maximum Gasteiger partial charge on any atom is 0.242 e. The number of pyridine rings is 1. The molecule has 3 heterocycles. The van der Waals surface area contributed by atoms with E-state index in [1.807, 2.05) is 0 Å². The summed E-state index contributed by atoms with van der Waals surface area (Å²) in [7, 11) is -1.77. The summed E-state index contributed by atoms with van der Waals surface area (Å²) in [5, 5.41) is 3.28. The molecule has 2 fully saturated rings. The zero-order valence-corrected chi connectivity index (χ0v) is 19.4. The van der Waals surface area contributed by atoms with Crippen molar-refractivity contribution >= 4 is 40.0 Å². The Balaban J connectivity index is 0.00000280. The molecule has 1 aromatic heterocycles. The topological polar surface area (TPSA) is 95.9 Å². The summed E-state index contributed by atoms with van der Waals surface area (Å²) in [6.45, 7) is 4.33. The van der Waals surface area contributed by atoms with Crippen LogP contribution < -0.4 is 10.0 Å². The molecule has 2 saturated heterocycles. The highest BCUT2D eigenvalue weighted by molar-refractivity contribution is 14.0. The zero-order chi connectivity index (χ0) is 19.2. The summed E-state index contributed by atoms with van der Waals surface area (Å²) in [6.07, 6.45) is 7.53. The molecular weight excluding hydrogens is 493 g/mol. The molecule has 28 heavy (non-hydrogen) atoms. The molecule has 0 aromatic carbocycles. The smallest absolute Gasteiger partial charge is 0.242 e. The molecule has 8 nitrogen and oxygen atoms in total. The molecule has 1 spiro atoms. The van der Waals surface area contributed by atoms with Crippen molar-refractivity contribution < 1.29 is 13.2 Å². The lowest BCUT2D eigenvalue weighted by atomic mass is 9.76. The largest absolute Gasteiger partial charge is 0.381 e. The van der Waals surface area contributed by atoms with Crippen LogP contribution in [0.2, 0.25) is 0 Å². The number of ether oxygens (including phenoxy) is 1. The van der Waals surface area contributed by atoms with Gasteiger partial charge < -0.3 is 15.0 Å². The van der Waals surface area contributed by atoms with E-state index >= 15 is 0 Å². The number of hydrogen-bond acceptors (Lipinski definition) is 5. The molecule has 10 heteroatoms. The average molecular weight is 523 g/mol. The first-order valence-electron chi connectivity index (χ1n) is 9.48. The normalized spacial score (nSPS) is 23.3. The molecule has 158 valence electrons. The molecule has 0 aliphatic carbocycles. The molecule has 0 amide bonds. The third kappa shape index (κ3) is 6.01. The minimum atomic E-state index is -3.53. The Hall–Kier alpha value is -0.980. The number of halogens is 1. The van der Waals surface area contributed by atoms with E-state index in [2.05, 4.69) is 24.9 Å². The molecule has 0 radical (unpaired) electrons. The number of sulfonamides is 1. The van der Waals surface area contributed by atoms with Gasteiger partial charge >= 0.3 is 0 Å². The van der Waals surface area contributed by atoms with Crippen molar-refractivity contribution in [3.05, 3.63) is 24.5 Å². The summed E-state index contributed by atoms with van der Waals surface area (Å²) in [5.74, 6) is 0.820. The lowest BCUT2D eigenvalue weighted by Gasteiger charge is -2.45. The number of piperidine rings is 1. The van der Waals surface area contributed by atoms with E-state index in [1.165, 1.54) is 25.1 Å². The van der Waals surface area contributed by atoms with Crippen molar-refractivity contribution in [3.63, 3.8) is 0 Å². The SMILES string of the molecule is CN=C(NCCNS(=O)(=O)c1cccnc1)N1CCCC2(CCCOC2)C1.I. The maximum absolute atomic E-state index is 12.2. The molecule has 2 aliphatic heterocycles. The van der Waals surface area contributed by atoms with Gasteiger partial charge in [-0.05, 0) is 37.8 Å². The molecule has 1 unspecified atom stereocenters. The fourth-order valence-electron chi connectivity index (χ4n) is 3.90. The summed E-state index contributed by atoms with van der Waals surface area (Å²) in [4.78, 5) is 10.7. The number of hydrogen-bond donors (Lipinski definition) is 2. The molecule has 1 atom stereocenters. The van der Waals surface area contributed by atoms with Gasteiger partial charge in [-0.3, -0.25) is 9.98 Å². The van der Waals surface area contributed by atoms with Crippen LogP contribution in [0.4, 0.5) is 0 Å². The van der Waals surface area contributed by atoms with Crippen molar-refractivity contribution in [2.24, 2.45) is 10.4 Å². The second-order valence-corrected chi connectivity index (χ2v) is 9.01. The van der Waals surface area contributed by atoms with Gasteiger partial charge in [-0.2, -0.15) is 0 Å². The standard InChI is InChI=1S/C18H29N5O3S.HI/c1-19-17(23-11-3-6-18(14-23)7-4-12-26-15-18)21-9-10-22-27(24,25)16-5-2-8-20-13-16;/h2,5,8,13,22H,3-4,6-7,9-12,14-15H2,1H3,(H,19,21);1H. The van der Waals surface area contributed by atoms with E-state index < -0.39 is 10.0 Å². The Morgan fingerprint density at radius 2 is 2.18 bits per heavy atom. The molecule has 2 N–H and O–H groups in total. The summed E-state index contributed by atoms with van der Waals surface area (Å²) in [5.41, 5.74) is 0.232. The first kappa shape index (κ1) is 23.3. The minimum Gasteiger partial charge on any atom is -0.381 e. The monoisotopic (exact) mass is 523 g/mol. The molecule has 3 rings (SSSR count). The molecule has 0 bridgehead atoms. The van der Waals surface area contributed by atoms with Gasteiger partial charge in [-0.15, -0.1) is 24.0 Å². The number of nitrogens with one attached hydrogen (secondary N) is 2. The lowest BCUT2D eigenvalue weighted by Crippen LogP contribution is -2.53. The Morgan fingerprint density at radius 1 is 1.36 bits per heavy atom. The van der Waals surface area contributed by atoms with Gasteiger partial charge in [-0.1, -0.05) is 0 Å². The lowest BCUT2D eigenvalue weighted by molar-refractivity contribution is -0.0370. The highest BCUT2D eigenvalue weighted by atomic mass is 127. The second-order valence-electron chi connectivity index (χ2n) is 7.24. The summed E-state index contributed by atoms with van der Waals surface area (Å²) < 4.78 is 32.8. The molecular formula is C18H30IN5O3S. The summed E-state index contributed by atoms with van der Waals surface area (Å²) >= 11 is 0. The first-order chi connectivity index (χ1) is 13.0. The fourth-order valence-corrected chi connectivity index (χ4v) is 4.90. The fraction of sp³-hybridized carbons (Fsp3) is 0.667. The van der Waals surface area contributed by atoms with Gasteiger partial charge in [0, 0.05) is 57.6 Å². The van der Waals surface area contributed by atoms with Crippen molar-refractivity contribution in [1.82, 2.24) is 19.9 Å². The number of nitrogens with zero attached hydrogens (tertiary/aromatic N) is 3. The van der Waals surface area contributed by atoms with E-state index in [4.69, 9.17) is 4.74 Å². The number of guanidine groups is 1. The van der Waals surface area contributed by atoms with Crippen molar-refractivity contribution in [2.45, 2.75) is 30.6 Å². The highest BCUT2D eigenvalue weighted by Gasteiger charge is 2.38. The molecule has 1 aromatic rings. The minimum absolute atomic E-state index is 0. The van der Waals surface area contributed by atoms with Crippen LogP contribution in [0.3, 0.4) is 0 Å². The van der Waals surface area contributed by atoms with Crippen molar-refractivity contribution in [3.8, 4) is 0 Å². The number of likely N-dealkylation sites (tertiary alicyclic amines) is 1. The van der Waals surface area contributed by atoms with Gasteiger partial charge in [0.25, 0.3) is 0 Å². The third-order valence-corrected chi connectivity index (χ3v) is 6.67. The van der Waals surface area contributed by atoms with Crippen LogP contribution in [0, 0.1) is 5.41 Å². The molecule has 0 saturated carbocycles. The van der Waals surface area contributed by atoms with E-state index in [0.717, 1.165) is 45.1 Å². The van der Waals surface area contributed by atoms with Crippen LogP contribution in [-0.4, -0.2) is 70.7 Å². The van der Waals surface area contributed by atoms with Crippen LogP contribution in [0.5, 0.6) is 0 Å². The van der Waals surface area contributed by atoms with Crippen LogP contribution in [0.25, 0.3) is 0 Å². The van der Waals surface area contributed by atoms with Gasteiger partial charge in [-0.25, -0.2) is 13.1 Å². The van der Waals surface area contributed by atoms with E-state index in [0.29, 0.717) is 6.54 Å². The van der Waals surface area contributed by atoms with Gasteiger partial charge in [0.15, 0.2) is 5.96 Å². The van der Waals surface area contributed by atoms with E-state index in [-0.39, 0.29) is 40.8 Å². The quantitative estimate of drug-likeness (QED) is 0.263. The van der Waals surface area contributed by atoms with Gasteiger partial charge in [0.1, 0.15) is 4.90 Å². The van der Waals surface area contributed by atoms with Crippen LogP contribution in [0.15, 0.2) is 34.4 Å². The zero-order valence-electron chi connectivity index (χ0n) is 16.3. The van der Waals surface area contributed by atoms with E-state index in [1.54, 1.807) is 19.3 Å². The van der Waals surface area contributed by atoms with Crippen LogP contribution in [0.1, 0.15) is 25.7 Å². The van der Waals surface area contributed by atoms with Crippen molar-refractivity contribution in [2.75, 3.05) is 46.4 Å². The van der Waals surface area contributed by atoms with Crippen LogP contribution in [-0.2, 0) is 14.8 Å². The van der Waals surface area contributed by atoms with Gasteiger partial charge in [0.05, 0.1) is 6.61 Å². The highest BCUT2D eigenvalue weighted by Crippen LogP contribution is 2.37.